The lowest BCUT2D eigenvalue weighted by Crippen LogP contribution is -2.45. The van der Waals surface area contributed by atoms with Crippen molar-refractivity contribution in [1.29, 1.82) is 0 Å². The lowest BCUT2D eigenvalue weighted by atomic mass is 10.0. The second kappa shape index (κ2) is 38.4. The molecule has 0 aliphatic heterocycles. The summed E-state index contributed by atoms with van der Waals surface area (Å²) in [4.78, 5) is 12.4. The number of amides is 1. The van der Waals surface area contributed by atoms with Gasteiger partial charge in [0.05, 0.1) is 31.3 Å². The predicted molar refractivity (Wildman–Crippen MR) is 208 cm³/mol. The Labute approximate surface area is 298 Å². The summed E-state index contributed by atoms with van der Waals surface area (Å²) in [6, 6.07) is -0.764. The Bertz CT molecular complexity index is 749. The highest BCUT2D eigenvalue weighted by molar-refractivity contribution is 5.76. The quantitative estimate of drug-likeness (QED) is 0.0390. The molecule has 0 rings (SSSR count). The summed E-state index contributed by atoms with van der Waals surface area (Å²) in [5, 5.41) is 33.0. The molecule has 48 heavy (non-hydrogen) atoms. The van der Waals surface area contributed by atoms with Crippen molar-refractivity contribution in [2.75, 3.05) is 6.61 Å². The lowest BCUT2D eigenvalue weighted by Gasteiger charge is -2.21. The van der Waals surface area contributed by atoms with Crippen LogP contribution in [-0.4, -0.2) is 46.1 Å². The van der Waals surface area contributed by atoms with Crippen LogP contribution in [0.4, 0.5) is 0 Å². The summed E-state index contributed by atoms with van der Waals surface area (Å²) >= 11 is 0. The second-order valence-electron chi connectivity index (χ2n) is 14.2. The van der Waals surface area contributed by atoms with E-state index in [-0.39, 0.29) is 18.9 Å². The SMILES string of the molecule is CCCCCCCCCCCCCCC/C=C/CC/C=C/CC/C=C/C(O)C(CO)NC(=O)CC(O)CCCCCCCCCCCC. The van der Waals surface area contributed by atoms with Crippen LogP contribution in [0, 0.1) is 0 Å². The molecule has 282 valence electrons. The maximum absolute atomic E-state index is 12.4. The Morgan fingerprint density at radius 2 is 0.896 bits per heavy atom. The Kier molecular flexibility index (Phi) is 37.2. The minimum absolute atomic E-state index is 0.00376. The lowest BCUT2D eigenvalue weighted by molar-refractivity contribution is -0.124. The summed E-state index contributed by atoms with van der Waals surface area (Å²) in [6.07, 6.45) is 47.2. The van der Waals surface area contributed by atoms with E-state index >= 15 is 0 Å². The van der Waals surface area contributed by atoms with E-state index in [0.717, 1.165) is 38.5 Å². The van der Waals surface area contributed by atoms with E-state index in [2.05, 4.69) is 43.5 Å². The average Bonchev–Trinajstić information content (AvgIpc) is 3.08. The molecule has 0 aromatic carbocycles. The number of aliphatic hydroxyl groups excluding tert-OH is 3. The number of hydrogen-bond acceptors (Lipinski definition) is 4. The van der Waals surface area contributed by atoms with E-state index in [4.69, 9.17) is 0 Å². The van der Waals surface area contributed by atoms with Gasteiger partial charge in [-0.1, -0.05) is 192 Å². The topological polar surface area (TPSA) is 89.8 Å². The van der Waals surface area contributed by atoms with Gasteiger partial charge >= 0.3 is 0 Å². The fourth-order valence-corrected chi connectivity index (χ4v) is 6.19. The van der Waals surface area contributed by atoms with Crippen molar-refractivity contribution in [2.24, 2.45) is 0 Å². The average molecular weight is 676 g/mol. The molecule has 1 amide bonds. The van der Waals surface area contributed by atoms with Gasteiger partial charge in [-0.25, -0.2) is 0 Å². The number of carbonyl (C=O) groups excluding carboxylic acids is 1. The Balaban J connectivity index is 3.73. The molecule has 0 heterocycles. The van der Waals surface area contributed by atoms with Crippen LogP contribution in [0.3, 0.4) is 0 Å². The third-order valence-corrected chi connectivity index (χ3v) is 9.41. The van der Waals surface area contributed by atoms with Crippen LogP contribution in [0.1, 0.15) is 206 Å². The van der Waals surface area contributed by atoms with Gasteiger partial charge in [0.25, 0.3) is 0 Å². The zero-order valence-electron chi connectivity index (χ0n) is 31.9. The molecule has 0 aliphatic rings. The third-order valence-electron chi connectivity index (χ3n) is 9.41. The normalized spacial score (nSPS) is 14.0. The van der Waals surface area contributed by atoms with Gasteiger partial charge in [-0.3, -0.25) is 4.79 Å². The Morgan fingerprint density at radius 1 is 0.521 bits per heavy atom. The van der Waals surface area contributed by atoms with Gasteiger partial charge in [0, 0.05) is 0 Å². The van der Waals surface area contributed by atoms with E-state index < -0.39 is 18.2 Å². The standard InChI is InChI=1S/C43H81NO4/c1-3-5-7-9-11-13-15-16-17-18-19-20-21-22-23-24-25-26-27-29-31-33-35-37-42(47)41(39-45)44-43(48)38-40(46)36-34-32-30-28-14-12-10-8-6-4-2/h23-24,27,29,35,37,40-42,45-47H,3-22,25-26,28,30-34,36,38-39H2,1-2H3,(H,44,48)/b24-23+,29-27+,37-35+. The van der Waals surface area contributed by atoms with Crippen LogP contribution in [0.2, 0.25) is 0 Å². The van der Waals surface area contributed by atoms with Gasteiger partial charge in [-0.15, -0.1) is 0 Å². The number of hydrogen-bond donors (Lipinski definition) is 4. The molecule has 3 atom stereocenters. The number of nitrogens with one attached hydrogen (secondary N) is 1. The second-order valence-corrected chi connectivity index (χ2v) is 14.2. The molecule has 0 aliphatic carbocycles. The van der Waals surface area contributed by atoms with Crippen LogP contribution in [-0.2, 0) is 4.79 Å². The van der Waals surface area contributed by atoms with Gasteiger partial charge in [-0.05, 0) is 44.9 Å². The maximum Gasteiger partial charge on any atom is 0.222 e. The van der Waals surface area contributed by atoms with Crippen molar-refractivity contribution >= 4 is 5.91 Å². The van der Waals surface area contributed by atoms with Crippen molar-refractivity contribution in [3.05, 3.63) is 36.5 Å². The first-order valence-corrected chi connectivity index (χ1v) is 20.8. The molecular weight excluding hydrogens is 594 g/mol. The van der Waals surface area contributed by atoms with Gasteiger partial charge in [-0.2, -0.15) is 0 Å². The molecule has 0 saturated heterocycles. The van der Waals surface area contributed by atoms with Crippen molar-refractivity contribution < 1.29 is 20.1 Å². The van der Waals surface area contributed by atoms with Gasteiger partial charge < -0.3 is 20.6 Å². The number of rotatable bonds is 37. The van der Waals surface area contributed by atoms with E-state index in [9.17, 15) is 20.1 Å². The first kappa shape index (κ1) is 46.6. The number of carbonyl (C=O) groups is 1. The molecule has 3 unspecified atom stereocenters. The summed E-state index contributed by atoms with van der Waals surface area (Å²) in [5.74, 6) is -0.331. The zero-order valence-corrected chi connectivity index (χ0v) is 31.9. The monoisotopic (exact) mass is 676 g/mol. The summed E-state index contributed by atoms with van der Waals surface area (Å²) in [5.41, 5.74) is 0. The van der Waals surface area contributed by atoms with E-state index in [1.807, 2.05) is 6.08 Å². The van der Waals surface area contributed by atoms with Gasteiger partial charge in [0.1, 0.15) is 0 Å². The minimum Gasteiger partial charge on any atom is -0.394 e. The molecule has 0 saturated carbocycles. The Hall–Kier alpha value is -1.43. The highest BCUT2D eigenvalue weighted by Crippen LogP contribution is 2.14. The zero-order chi connectivity index (χ0) is 35.2. The molecule has 0 fully saturated rings. The fourth-order valence-electron chi connectivity index (χ4n) is 6.19. The van der Waals surface area contributed by atoms with Crippen LogP contribution in [0.25, 0.3) is 0 Å². The molecule has 0 bridgehead atoms. The summed E-state index contributed by atoms with van der Waals surface area (Å²) in [7, 11) is 0. The number of aliphatic hydroxyl groups is 3. The van der Waals surface area contributed by atoms with E-state index in [1.165, 1.54) is 141 Å². The van der Waals surface area contributed by atoms with Crippen molar-refractivity contribution in [3.8, 4) is 0 Å². The van der Waals surface area contributed by atoms with Gasteiger partial charge in [0.2, 0.25) is 5.91 Å². The van der Waals surface area contributed by atoms with Crippen LogP contribution < -0.4 is 5.32 Å². The van der Waals surface area contributed by atoms with Crippen molar-refractivity contribution in [1.82, 2.24) is 5.32 Å². The summed E-state index contributed by atoms with van der Waals surface area (Å²) in [6.45, 7) is 4.18. The Morgan fingerprint density at radius 3 is 1.33 bits per heavy atom. The first-order valence-electron chi connectivity index (χ1n) is 20.8. The van der Waals surface area contributed by atoms with Crippen LogP contribution in [0.5, 0.6) is 0 Å². The van der Waals surface area contributed by atoms with E-state index in [1.54, 1.807) is 6.08 Å². The molecule has 0 aromatic rings. The van der Waals surface area contributed by atoms with Gasteiger partial charge in [0.15, 0.2) is 0 Å². The molecule has 0 aromatic heterocycles. The molecular formula is C43H81NO4. The minimum atomic E-state index is -0.956. The van der Waals surface area contributed by atoms with Crippen LogP contribution >= 0.6 is 0 Å². The smallest absolute Gasteiger partial charge is 0.222 e. The molecule has 5 nitrogen and oxygen atoms in total. The molecule has 0 radical (unpaired) electrons. The molecule has 5 heteroatoms. The number of unbranched alkanes of at least 4 members (excludes halogenated alkanes) is 24. The summed E-state index contributed by atoms with van der Waals surface area (Å²) < 4.78 is 0. The molecule has 0 spiro atoms. The highest BCUT2D eigenvalue weighted by atomic mass is 16.3. The van der Waals surface area contributed by atoms with E-state index in [0.29, 0.717) is 6.42 Å². The van der Waals surface area contributed by atoms with Crippen LogP contribution in [0.15, 0.2) is 36.5 Å². The van der Waals surface area contributed by atoms with Crippen molar-refractivity contribution in [3.63, 3.8) is 0 Å². The predicted octanol–water partition coefficient (Wildman–Crippen LogP) is 11.6. The largest absolute Gasteiger partial charge is 0.394 e. The maximum atomic E-state index is 12.4. The van der Waals surface area contributed by atoms with Crippen molar-refractivity contribution in [2.45, 2.75) is 225 Å². The molecule has 4 N–H and O–H groups in total. The number of allylic oxidation sites excluding steroid dienone is 5. The first-order chi connectivity index (χ1) is 23.5. The fraction of sp³-hybridized carbons (Fsp3) is 0.837. The highest BCUT2D eigenvalue weighted by Gasteiger charge is 2.20. The third kappa shape index (κ3) is 34.4.